The van der Waals surface area contributed by atoms with Crippen molar-refractivity contribution in [3.63, 3.8) is 0 Å². The third-order valence-corrected chi connectivity index (χ3v) is 7.87. The molecule has 3 aromatic rings. The highest BCUT2D eigenvalue weighted by Crippen LogP contribution is 2.40. The Hall–Kier alpha value is -3.34. The van der Waals surface area contributed by atoms with Crippen molar-refractivity contribution in [3.8, 4) is 6.07 Å². The van der Waals surface area contributed by atoms with Gasteiger partial charge in [-0.1, -0.05) is 0 Å². The molecule has 0 radical (unpaired) electrons. The first kappa shape index (κ1) is 23.4. The van der Waals surface area contributed by atoms with Crippen molar-refractivity contribution >= 4 is 35.8 Å². The molecule has 0 fully saturated rings. The molecule has 0 spiro atoms. The molecule has 1 aliphatic heterocycles. The second-order valence-electron chi connectivity index (χ2n) is 9.66. The fourth-order valence-corrected chi connectivity index (χ4v) is 5.76. The second kappa shape index (κ2) is 9.03. The van der Waals surface area contributed by atoms with Gasteiger partial charge < -0.3 is 20.1 Å². The van der Waals surface area contributed by atoms with Crippen LogP contribution in [-0.4, -0.2) is 46.8 Å². The minimum Gasteiger partial charge on any atom is -0.324 e. The summed E-state index contributed by atoms with van der Waals surface area (Å²) >= 11 is 0. The second-order valence-corrected chi connectivity index (χ2v) is 12.8. The van der Waals surface area contributed by atoms with Gasteiger partial charge in [0.2, 0.25) is 5.95 Å². The molecule has 2 aliphatic rings. The Morgan fingerprint density at radius 3 is 2.74 bits per heavy atom. The number of nitrogens with zero attached hydrogens (tertiary/aromatic N) is 5. The molecule has 180 valence electrons. The maximum absolute atomic E-state index is 14.5. The predicted molar refractivity (Wildman–Crippen MR) is 135 cm³/mol. The standard InChI is InChI=1S/C25H27FN7OP/c1-33-13-16-6-4-5-15-9-19(10-17(14-33)22(15)16)29-25-28-12-18(11-27)23(32-25)31-24-20(26)7-8-21(30-24)35(2,3)34/h7-10,12,16H,4-6,13-14H2,1-3H3,(H2,28,29,30,31,32). The minimum absolute atomic E-state index is 0.120. The molecule has 10 heteroatoms. The van der Waals surface area contributed by atoms with Crippen molar-refractivity contribution in [2.75, 3.05) is 37.6 Å². The van der Waals surface area contributed by atoms with Gasteiger partial charge in [0.05, 0.1) is 6.20 Å². The Kier molecular flexibility index (Phi) is 6.04. The molecular formula is C25H27FN7OP. The summed E-state index contributed by atoms with van der Waals surface area (Å²) in [6, 6.07) is 8.94. The molecule has 35 heavy (non-hydrogen) atoms. The van der Waals surface area contributed by atoms with Gasteiger partial charge in [-0.3, -0.25) is 0 Å². The first-order valence-electron chi connectivity index (χ1n) is 11.6. The summed E-state index contributed by atoms with van der Waals surface area (Å²) in [6.45, 7) is 5.12. The van der Waals surface area contributed by atoms with Gasteiger partial charge in [0.25, 0.3) is 0 Å². The van der Waals surface area contributed by atoms with Gasteiger partial charge in [-0.2, -0.15) is 10.2 Å². The minimum atomic E-state index is -2.70. The summed E-state index contributed by atoms with van der Waals surface area (Å²) in [7, 11) is -0.547. The van der Waals surface area contributed by atoms with Crippen LogP contribution in [0.3, 0.4) is 0 Å². The molecule has 1 atom stereocenters. The van der Waals surface area contributed by atoms with Crippen LogP contribution in [0.4, 0.5) is 27.7 Å². The average molecular weight is 492 g/mol. The van der Waals surface area contributed by atoms with Crippen molar-refractivity contribution in [1.82, 2.24) is 19.9 Å². The van der Waals surface area contributed by atoms with E-state index in [1.165, 1.54) is 47.9 Å². The highest BCUT2D eigenvalue weighted by molar-refractivity contribution is 7.69. The number of likely N-dealkylation sites (N-methyl/N-ethyl adjacent to an activating group) is 1. The fourth-order valence-electron chi connectivity index (χ4n) is 4.99. The van der Waals surface area contributed by atoms with E-state index in [1.807, 2.05) is 6.07 Å². The highest BCUT2D eigenvalue weighted by atomic mass is 31.2. The van der Waals surface area contributed by atoms with Gasteiger partial charge in [-0.15, -0.1) is 0 Å². The fraction of sp³-hybridized carbons (Fsp3) is 0.360. The molecule has 1 unspecified atom stereocenters. The number of rotatable bonds is 5. The zero-order valence-corrected chi connectivity index (χ0v) is 20.9. The maximum Gasteiger partial charge on any atom is 0.229 e. The number of nitrogens with one attached hydrogen (secondary N) is 2. The number of aromatic nitrogens is 3. The average Bonchev–Trinajstić information content (AvgIpc) is 2.80. The molecular weight excluding hydrogens is 464 g/mol. The highest BCUT2D eigenvalue weighted by Gasteiger charge is 2.29. The lowest BCUT2D eigenvalue weighted by molar-refractivity contribution is 0.266. The van der Waals surface area contributed by atoms with Gasteiger partial charge in [0.1, 0.15) is 24.2 Å². The van der Waals surface area contributed by atoms with E-state index in [0.717, 1.165) is 25.2 Å². The Balaban J connectivity index is 1.46. The largest absolute Gasteiger partial charge is 0.324 e. The lowest BCUT2D eigenvalue weighted by atomic mass is 9.77. The monoisotopic (exact) mass is 491 g/mol. The molecule has 1 aromatic carbocycles. The van der Waals surface area contributed by atoms with Gasteiger partial charge in [-0.25, -0.2) is 14.4 Å². The third kappa shape index (κ3) is 4.77. The van der Waals surface area contributed by atoms with Crippen molar-refractivity contribution in [2.45, 2.75) is 31.7 Å². The molecule has 2 N–H and O–H groups in total. The predicted octanol–water partition coefficient (Wildman–Crippen LogP) is 4.48. The summed E-state index contributed by atoms with van der Waals surface area (Å²) in [4.78, 5) is 15.3. The van der Waals surface area contributed by atoms with Crippen LogP contribution in [0.15, 0.2) is 30.5 Å². The quantitative estimate of drug-likeness (QED) is 0.503. The zero-order valence-electron chi connectivity index (χ0n) is 20.0. The number of aryl methyl sites for hydroxylation is 1. The summed E-state index contributed by atoms with van der Waals surface area (Å²) in [5.74, 6) is 0.216. The first-order valence-corrected chi connectivity index (χ1v) is 14.2. The molecule has 0 amide bonds. The molecule has 5 rings (SSSR count). The summed E-state index contributed by atoms with van der Waals surface area (Å²) in [6.07, 6.45) is 4.84. The Labute approximate surface area is 204 Å². The Morgan fingerprint density at radius 1 is 1.17 bits per heavy atom. The maximum atomic E-state index is 14.5. The Bertz CT molecular complexity index is 1400. The van der Waals surface area contributed by atoms with Crippen molar-refractivity contribution in [3.05, 3.63) is 58.5 Å². The van der Waals surface area contributed by atoms with Gasteiger partial charge in [0, 0.05) is 18.8 Å². The van der Waals surface area contributed by atoms with Crippen molar-refractivity contribution in [1.29, 1.82) is 5.26 Å². The summed E-state index contributed by atoms with van der Waals surface area (Å²) < 4.78 is 26.9. The van der Waals surface area contributed by atoms with Crippen LogP contribution in [0.5, 0.6) is 0 Å². The molecule has 3 heterocycles. The van der Waals surface area contributed by atoms with E-state index >= 15 is 0 Å². The third-order valence-electron chi connectivity index (χ3n) is 6.52. The van der Waals surface area contributed by atoms with Crippen LogP contribution in [0.1, 0.15) is 41.0 Å². The smallest absolute Gasteiger partial charge is 0.229 e. The lowest BCUT2D eigenvalue weighted by Crippen LogP contribution is -2.33. The number of pyridine rings is 1. The normalized spacial score (nSPS) is 17.4. The number of hydrogen-bond donors (Lipinski definition) is 2. The van der Waals surface area contributed by atoms with Crippen LogP contribution in [0.25, 0.3) is 0 Å². The molecule has 1 aliphatic carbocycles. The van der Waals surface area contributed by atoms with Crippen molar-refractivity contribution in [2.24, 2.45) is 0 Å². The Morgan fingerprint density at radius 2 is 1.97 bits per heavy atom. The summed E-state index contributed by atoms with van der Waals surface area (Å²) in [5, 5.41) is 15.6. The molecule has 0 saturated carbocycles. The van der Waals surface area contributed by atoms with Crippen LogP contribution < -0.4 is 16.1 Å². The zero-order chi connectivity index (χ0) is 24.7. The van der Waals surface area contributed by atoms with E-state index in [2.05, 4.69) is 49.7 Å². The number of halogens is 1. The topological polar surface area (TPSA) is 107 Å². The lowest BCUT2D eigenvalue weighted by Gasteiger charge is -2.37. The number of nitriles is 1. The van der Waals surface area contributed by atoms with E-state index in [1.54, 1.807) is 13.3 Å². The van der Waals surface area contributed by atoms with E-state index < -0.39 is 13.0 Å². The van der Waals surface area contributed by atoms with E-state index in [9.17, 15) is 14.2 Å². The van der Waals surface area contributed by atoms with E-state index in [-0.39, 0.29) is 23.1 Å². The SMILES string of the molecule is CN1Cc2cc(Nc3ncc(C#N)c(Nc4nc(P(C)(C)=O)ccc4F)n3)cc3c2C(CCC3)C1. The number of anilines is 4. The van der Waals surface area contributed by atoms with Gasteiger partial charge >= 0.3 is 0 Å². The first-order chi connectivity index (χ1) is 16.7. The molecule has 0 saturated heterocycles. The number of hydrogen-bond acceptors (Lipinski definition) is 8. The van der Waals surface area contributed by atoms with E-state index in [0.29, 0.717) is 11.4 Å². The molecule has 8 nitrogen and oxygen atoms in total. The van der Waals surface area contributed by atoms with Crippen LogP contribution in [-0.2, 0) is 17.5 Å². The van der Waals surface area contributed by atoms with Crippen LogP contribution in [0, 0.1) is 17.1 Å². The van der Waals surface area contributed by atoms with E-state index in [4.69, 9.17) is 0 Å². The van der Waals surface area contributed by atoms with Gasteiger partial charge in [-0.05, 0) is 86.5 Å². The van der Waals surface area contributed by atoms with Crippen LogP contribution >= 0.6 is 7.14 Å². The van der Waals surface area contributed by atoms with Crippen molar-refractivity contribution < 1.29 is 8.96 Å². The molecule has 2 aromatic heterocycles. The molecule has 0 bridgehead atoms. The van der Waals surface area contributed by atoms with Gasteiger partial charge in [0.15, 0.2) is 17.5 Å². The van der Waals surface area contributed by atoms with Crippen LogP contribution in [0.2, 0.25) is 0 Å². The summed E-state index contributed by atoms with van der Waals surface area (Å²) in [5.41, 5.74) is 5.50. The number of benzene rings is 1.